The zero-order chi connectivity index (χ0) is 19.8. The molecule has 0 bridgehead atoms. The molecule has 0 saturated heterocycles. The first-order chi connectivity index (χ1) is 13.0. The molecule has 0 heterocycles. The number of hydrogen-bond donors (Lipinski definition) is 2. The number of allylic oxidation sites excluding steroid dienone is 2. The van der Waals surface area contributed by atoms with E-state index in [0.29, 0.717) is 11.4 Å². The van der Waals surface area contributed by atoms with Crippen LogP contribution in [-0.2, 0) is 0 Å². The van der Waals surface area contributed by atoms with Gasteiger partial charge in [-0.2, -0.15) is 0 Å². The molecule has 0 aliphatic carbocycles. The van der Waals surface area contributed by atoms with Crippen molar-refractivity contribution in [2.75, 3.05) is 10.6 Å². The Labute approximate surface area is 155 Å². The Morgan fingerprint density at radius 3 is 1.56 bits per heavy atom. The molecule has 0 unspecified atom stereocenters. The molecule has 2 N–H and O–H groups in total. The van der Waals surface area contributed by atoms with E-state index in [2.05, 4.69) is 10.6 Å². The van der Waals surface area contributed by atoms with Gasteiger partial charge in [-0.1, -0.05) is 12.2 Å². The number of nitro benzene ring substituents is 2. The number of nitrogens with zero attached hydrogens (tertiary/aromatic N) is 2. The van der Waals surface area contributed by atoms with E-state index in [1.165, 1.54) is 24.3 Å². The molecule has 2 aromatic carbocycles. The molecule has 0 amide bonds. The Bertz CT molecular complexity index is 835. The van der Waals surface area contributed by atoms with Gasteiger partial charge in [0.1, 0.15) is 0 Å². The topological polar surface area (TPSA) is 120 Å². The molecule has 0 fully saturated rings. The Balaban J connectivity index is 2.40. The van der Waals surface area contributed by atoms with E-state index in [1.807, 2.05) is 0 Å². The summed E-state index contributed by atoms with van der Waals surface area (Å²) in [6.07, 6.45) is 6.73. The lowest BCUT2D eigenvalue weighted by Crippen LogP contribution is -1.99. The third-order valence-corrected chi connectivity index (χ3v) is 3.36. The largest absolute Gasteiger partial charge is 0.443 e. The molecule has 0 radical (unpaired) electrons. The van der Waals surface area contributed by atoms with E-state index in [4.69, 9.17) is 4.74 Å². The second kappa shape index (κ2) is 8.99. The van der Waals surface area contributed by atoms with E-state index in [0.717, 1.165) is 0 Å². The predicted octanol–water partition coefficient (Wildman–Crippen LogP) is 5.19. The molecule has 0 saturated carbocycles. The van der Waals surface area contributed by atoms with Gasteiger partial charge in [0.25, 0.3) is 0 Å². The smallest absolute Gasteiger partial charge is 0.313 e. The van der Waals surface area contributed by atoms with Crippen LogP contribution in [0.25, 0.3) is 0 Å². The van der Waals surface area contributed by atoms with E-state index in [1.54, 1.807) is 50.5 Å². The zero-order valence-electron chi connectivity index (χ0n) is 14.7. The minimum Gasteiger partial charge on any atom is -0.443 e. The van der Waals surface area contributed by atoms with Gasteiger partial charge < -0.3 is 15.4 Å². The lowest BCUT2D eigenvalue weighted by atomic mass is 10.2. The molecule has 0 aliphatic heterocycles. The number of rotatable bonds is 8. The normalized spacial score (nSPS) is 10.9. The van der Waals surface area contributed by atoms with Crippen LogP contribution in [0.2, 0.25) is 0 Å². The molecule has 0 aromatic heterocycles. The summed E-state index contributed by atoms with van der Waals surface area (Å²) in [6, 6.07) is 8.53. The summed E-state index contributed by atoms with van der Waals surface area (Å²) in [5.41, 5.74) is 0.366. The highest BCUT2D eigenvalue weighted by molar-refractivity contribution is 5.63. The van der Waals surface area contributed by atoms with Crippen molar-refractivity contribution in [3.05, 3.63) is 81.2 Å². The quantitative estimate of drug-likeness (QED) is 0.485. The summed E-state index contributed by atoms with van der Waals surface area (Å²) in [6.45, 7) is 3.60. The summed E-state index contributed by atoms with van der Waals surface area (Å²) in [4.78, 5) is 21.5. The van der Waals surface area contributed by atoms with Crippen molar-refractivity contribution in [1.29, 1.82) is 0 Å². The van der Waals surface area contributed by atoms with E-state index in [-0.39, 0.29) is 22.9 Å². The van der Waals surface area contributed by atoms with Gasteiger partial charge in [-0.15, -0.1) is 0 Å². The zero-order valence-corrected chi connectivity index (χ0v) is 14.7. The first-order valence-electron chi connectivity index (χ1n) is 7.96. The average Bonchev–Trinajstić information content (AvgIpc) is 2.65. The van der Waals surface area contributed by atoms with Crippen LogP contribution in [0.1, 0.15) is 13.8 Å². The number of anilines is 2. The van der Waals surface area contributed by atoms with Crippen molar-refractivity contribution >= 4 is 22.7 Å². The molecular formula is C18H18N4O5. The molecule has 140 valence electrons. The second-order valence-corrected chi connectivity index (χ2v) is 5.27. The monoisotopic (exact) mass is 370 g/mol. The highest BCUT2D eigenvalue weighted by atomic mass is 16.6. The molecule has 2 aromatic rings. The van der Waals surface area contributed by atoms with Crippen LogP contribution in [0.4, 0.5) is 22.7 Å². The van der Waals surface area contributed by atoms with Crippen LogP contribution < -0.4 is 15.4 Å². The predicted molar refractivity (Wildman–Crippen MR) is 103 cm³/mol. The summed E-state index contributed by atoms with van der Waals surface area (Å²) < 4.78 is 5.51. The van der Waals surface area contributed by atoms with Crippen LogP contribution in [-0.4, -0.2) is 9.85 Å². The van der Waals surface area contributed by atoms with Crippen LogP contribution >= 0.6 is 0 Å². The maximum Gasteiger partial charge on any atom is 0.313 e. The standard InChI is InChI=1S/C18H18N4O5/c1-3-9-19-13-5-7-17(15(11-13)21(23)24)27-18-8-6-14(20-10-4-2)12-16(18)22(25)26/h3-12,19-20H,1-2H3. The Morgan fingerprint density at radius 1 is 0.815 bits per heavy atom. The summed E-state index contributed by atoms with van der Waals surface area (Å²) in [5.74, 6) is -0.188. The number of benzene rings is 2. The molecule has 0 atom stereocenters. The molecule has 9 heteroatoms. The van der Waals surface area contributed by atoms with Crippen LogP contribution in [0, 0.1) is 20.2 Å². The minimum atomic E-state index is -0.607. The number of nitro groups is 2. The minimum absolute atomic E-state index is 0.0942. The van der Waals surface area contributed by atoms with Crippen molar-refractivity contribution in [2.24, 2.45) is 0 Å². The summed E-state index contributed by atoms with van der Waals surface area (Å²) in [5, 5.41) is 28.5. The first-order valence-corrected chi connectivity index (χ1v) is 7.96. The van der Waals surface area contributed by atoms with Gasteiger partial charge >= 0.3 is 11.4 Å². The average molecular weight is 370 g/mol. The summed E-state index contributed by atoms with van der Waals surface area (Å²) in [7, 11) is 0. The molecule has 9 nitrogen and oxygen atoms in total. The highest BCUT2D eigenvalue weighted by Gasteiger charge is 2.22. The van der Waals surface area contributed by atoms with Crippen molar-refractivity contribution < 1.29 is 14.6 Å². The van der Waals surface area contributed by atoms with Crippen molar-refractivity contribution in [2.45, 2.75) is 13.8 Å². The van der Waals surface area contributed by atoms with Gasteiger partial charge in [-0.25, -0.2) is 0 Å². The third kappa shape index (κ3) is 5.05. The Morgan fingerprint density at radius 2 is 1.22 bits per heavy atom. The van der Waals surface area contributed by atoms with Gasteiger partial charge in [0.2, 0.25) is 11.5 Å². The highest BCUT2D eigenvalue weighted by Crippen LogP contribution is 2.38. The van der Waals surface area contributed by atoms with E-state index in [9.17, 15) is 20.2 Å². The van der Waals surface area contributed by atoms with Gasteiger partial charge in [-0.3, -0.25) is 20.2 Å². The lowest BCUT2D eigenvalue weighted by molar-refractivity contribution is -0.387. The fourth-order valence-corrected chi connectivity index (χ4v) is 2.15. The van der Waals surface area contributed by atoms with E-state index >= 15 is 0 Å². The fourth-order valence-electron chi connectivity index (χ4n) is 2.15. The van der Waals surface area contributed by atoms with Gasteiger partial charge in [0, 0.05) is 23.5 Å². The third-order valence-electron chi connectivity index (χ3n) is 3.36. The molecular weight excluding hydrogens is 352 g/mol. The second-order valence-electron chi connectivity index (χ2n) is 5.27. The summed E-state index contributed by atoms with van der Waals surface area (Å²) >= 11 is 0. The Kier molecular flexibility index (Phi) is 6.48. The molecule has 2 rings (SSSR count). The van der Waals surface area contributed by atoms with E-state index < -0.39 is 9.85 Å². The van der Waals surface area contributed by atoms with Gasteiger partial charge in [0.05, 0.1) is 9.85 Å². The van der Waals surface area contributed by atoms with Crippen LogP contribution in [0.15, 0.2) is 61.0 Å². The Hall–Kier alpha value is -3.88. The van der Waals surface area contributed by atoms with Gasteiger partial charge in [0.15, 0.2) is 0 Å². The van der Waals surface area contributed by atoms with Crippen molar-refractivity contribution in [3.63, 3.8) is 0 Å². The number of hydrogen-bond acceptors (Lipinski definition) is 7. The fraction of sp³-hybridized carbons (Fsp3) is 0.111. The lowest BCUT2D eigenvalue weighted by Gasteiger charge is -2.09. The molecule has 0 aliphatic rings. The number of ether oxygens (including phenoxy) is 1. The molecule has 0 spiro atoms. The maximum absolute atomic E-state index is 11.4. The SMILES string of the molecule is CC=CNc1ccc(Oc2ccc(NC=CC)cc2[N+](=O)[O-])c([N+](=O)[O-])c1. The van der Waals surface area contributed by atoms with Crippen LogP contribution in [0.3, 0.4) is 0 Å². The first kappa shape index (κ1) is 19.4. The molecule has 27 heavy (non-hydrogen) atoms. The van der Waals surface area contributed by atoms with Crippen molar-refractivity contribution in [1.82, 2.24) is 0 Å². The van der Waals surface area contributed by atoms with Crippen LogP contribution in [0.5, 0.6) is 11.5 Å². The van der Waals surface area contributed by atoms with Gasteiger partial charge in [-0.05, 0) is 50.5 Å². The number of nitrogens with one attached hydrogen (secondary N) is 2. The maximum atomic E-state index is 11.4. The van der Waals surface area contributed by atoms with Crippen molar-refractivity contribution in [3.8, 4) is 11.5 Å².